The van der Waals surface area contributed by atoms with Crippen molar-refractivity contribution in [2.75, 3.05) is 5.32 Å². The largest absolute Gasteiger partial charge is 0.481 e. The average Bonchev–Trinajstić information content (AvgIpc) is 2.48. The maximum absolute atomic E-state index is 12.0. The number of non-ortho nitro benzene ring substituents is 1. The maximum Gasteiger partial charge on any atom is 0.269 e. The van der Waals surface area contributed by atoms with Crippen molar-refractivity contribution in [2.24, 2.45) is 0 Å². The predicted molar refractivity (Wildman–Crippen MR) is 78.3 cm³/mol. The molecule has 0 saturated carbocycles. The molecule has 2 aromatic rings. The van der Waals surface area contributed by atoms with Gasteiger partial charge >= 0.3 is 0 Å². The Balaban J connectivity index is 1.95. The van der Waals surface area contributed by atoms with E-state index in [2.05, 4.69) is 5.32 Å². The summed E-state index contributed by atoms with van der Waals surface area (Å²) in [5.41, 5.74) is 0.454. The highest BCUT2D eigenvalue weighted by Gasteiger charge is 2.15. The second kappa shape index (κ2) is 6.51. The van der Waals surface area contributed by atoms with Crippen molar-refractivity contribution in [2.45, 2.75) is 13.0 Å². The van der Waals surface area contributed by atoms with Gasteiger partial charge in [-0.3, -0.25) is 14.9 Å². The van der Waals surface area contributed by atoms with Gasteiger partial charge in [-0.15, -0.1) is 0 Å². The van der Waals surface area contributed by atoms with Crippen LogP contribution in [0.15, 0.2) is 54.6 Å². The molecule has 0 aliphatic rings. The van der Waals surface area contributed by atoms with Gasteiger partial charge in [-0.1, -0.05) is 18.2 Å². The molecule has 0 radical (unpaired) electrons. The quantitative estimate of drug-likeness (QED) is 0.676. The molecule has 21 heavy (non-hydrogen) atoms. The monoisotopic (exact) mass is 286 g/mol. The van der Waals surface area contributed by atoms with Crippen LogP contribution in [0.1, 0.15) is 6.92 Å². The first-order valence-corrected chi connectivity index (χ1v) is 6.33. The van der Waals surface area contributed by atoms with Gasteiger partial charge in [-0.05, 0) is 31.2 Å². The lowest BCUT2D eigenvalue weighted by Gasteiger charge is -2.14. The second-order valence-corrected chi connectivity index (χ2v) is 4.37. The number of nitro groups is 1. The van der Waals surface area contributed by atoms with Gasteiger partial charge in [0.1, 0.15) is 5.75 Å². The number of hydrogen-bond donors (Lipinski definition) is 1. The highest BCUT2D eigenvalue weighted by molar-refractivity contribution is 5.94. The lowest BCUT2D eigenvalue weighted by atomic mass is 10.2. The summed E-state index contributed by atoms with van der Waals surface area (Å²) in [7, 11) is 0. The van der Waals surface area contributed by atoms with Crippen LogP contribution in [0, 0.1) is 10.1 Å². The molecule has 1 N–H and O–H groups in total. The van der Waals surface area contributed by atoms with Crippen LogP contribution in [0.4, 0.5) is 11.4 Å². The summed E-state index contributed by atoms with van der Waals surface area (Å²) in [6.07, 6.45) is -0.678. The van der Waals surface area contributed by atoms with Gasteiger partial charge in [-0.2, -0.15) is 0 Å². The number of carbonyl (C=O) groups excluding carboxylic acids is 1. The minimum atomic E-state index is -0.678. The zero-order valence-electron chi connectivity index (χ0n) is 11.4. The minimum absolute atomic E-state index is 0.0263. The van der Waals surface area contributed by atoms with Gasteiger partial charge < -0.3 is 10.1 Å². The Morgan fingerprint density at radius 2 is 1.76 bits per heavy atom. The van der Waals surface area contributed by atoms with E-state index in [-0.39, 0.29) is 11.6 Å². The number of nitrogens with one attached hydrogen (secondary N) is 1. The van der Waals surface area contributed by atoms with Gasteiger partial charge in [-0.25, -0.2) is 0 Å². The summed E-state index contributed by atoms with van der Waals surface area (Å²) < 4.78 is 5.49. The molecule has 0 heterocycles. The molecule has 2 rings (SSSR count). The lowest BCUT2D eigenvalue weighted by molar-refractivity contribution is -0.384. The van der Waals surface area contributed by atoms with Gasteiger partial charge in [0.05, 0.1) is 4.92 Å². The predicted octanol–water partition coefficient (Wildman–Crippen LogP) is 3.00. The molecular formula is C15H14N2O4. The average molecular weight is 286 g/mol. The minimum Gasteiger partial charge on any atom is -0.481 e. The van der Waals surface area contributed by atoms with Crippen LogP contribution >= 0.6 is 0 Å². The Bertz CT molecular complexity index is 626. The zero-order chi connectivity index (χ0) is 15.2. The Morgan fingerprint density at radius 3 is 2.33 bits per heavy atom. The molecule has 108 valence electrons. The van der Waals surface area contributed by atoms with E-state index in [9.17, 15) is 14.9 Å². The number of nitro benzene ring substituents is 1. The fourth-order valence-electron chi connectivity index (χ4n) is 1.67. The molecule has 0 aliphatic carbocycles. The summed E-state index contributed by atoms with van der Waals surface area (Å²) in [5.74, 6) is 0.275. The number of ether oxygens (including phenoxy) is 1. The van der Waals surface area contributed by atoms with Crippen molar-refractivity contribution < 1.29 is 14.5 Å². The first kappa shape index (κ1) is 14.5. The molecule has 0 spiro atoms. The topological polar surface area (TPSA) is 81.5 Å². The van der Waals surface area contributed by atoms with Crippen LogP contribution in [0.2, 0.25) is 0 Å². The first-order chi connectivity index (χ1) is 10.1. The summed E-state index contributed by atoms with van der Waals surface area (Å²) >= 11 is 0. The van der Waals surface area contributed by atoms with E-state index < -0.39 is 11.0 Å². The van der Waals surface area contributed by atoms with Crippen molar-refractivity contribution in [3.63, 3.8) is 0 Å². The molecule has 0 aliphatic heterocycles. The molecule has 1 amide bonds. The SMILES string of the molecule is C[C@H](Oc1ccccc1)C(=O)Nc1ccc([N+](=O)[O-])cc1. The third-order valence-corrected chi connectivity index (χ3v) is 2.77. The summed E-state index contributed by atoms with van der Waals surface area (Å²) in [6, 6.07) is 14.6. The van der Waals surface area contributed by atoms with Crippen LogP contribution in [-0.4, -0.2) is 16.9 Å². The van der Waals surface area contributed by atoms with E-state index in [0.717, 1.165) is 0 Å². The third kappa shape index (κ3) is 4.04. The molecule has 0 unspecified atom stereocenters. The number of rotatable bonds is 5. The number of amides is 1. The molecular weight excluding hydrogens is 272 g/mol. The fourth-order valence-corrected chi connectivity index (χ4v) is 1.67. The number of hydrogen-bond acceptors (Lipinski definition) is 4. The normalized spacial score (nSPS) is 11.5. The van der Waals surface area contributed by atoms with Crippen LogP contribution < -0.4 is 10.1 Å². The van der Waals surface area contributed by atoms with Crippen molar-refractivity contribution >= 4 is 17.3 Å². The Morgan fingerprint density at radius 1 is 1.14 bits per heavy atom. The van der Waals surface area contributed by atoms with E-state index in [1.807, 2.05) is 18.2 Å². The van der Waals surface area contributed by atoms with E-state index in [0.29, 0.717) is 11.4 Å². The van der Waals surface area contributed by atoms with Crippen molar-refractivity contribution in [1.29, 1.82) is 0 Å². The van der Waals surface area contributed by atoms with Crippen LogP contribution in [-0.2, 0) is 4.79 Å². The molecule has 1 atom stereocenters. The van der Waals surface area contributed by atoms with Crippen molar-refractivity contribution in [3.8, 4) is 5.75 Å². The van der Waals surface area contributed by atoms with Crippen LogP contribution in [0.5, 0.6) is 5.75 Å². The summed E-state index contributed by atoms with van der Waals surface area (Å²) in [6.45, 7) is 1.63. The number of anilines is 1. The molecule has 0 bridgehead atoms. The smallest absolute Gasteiger partial charge is 0.269 e. The van der Waals surface area contributed by atoms with Crippen molar-refractivity contribution in [3.05, 3.63) is 64.7 Å². The van der Waals surface area contributed by atoms with Crippen LogP contribution in [0.25, 0.3) is 0 Å². The standard InChI is InChI=1S/C15H14N2O4/c1-11(21-14-5-3-2-4-6-14)15(18)16-12-7-9-13(10-8-12)17(19)20/h2-11H,1H3,(H,16,18)/t11-/m0/s1. The number of para-hydroxylation sites is 1. The summed E-state index contributed by atoms with van der Waals surface area (Å²) in [5, 5.41) is 13.2. The number of carbonyl (C=O) groups is 1. The molecule has 0 aromatic heterocycles. The molecule has 0 fully saturated rings. The van der Waals surface area contributed by atoms with Gasteiger partial charge in [0, 0.05) is 17.8 Å². The molecule has 0 saturated heterocycles. The lowest BCUT2D eigenvalue weighted by Crippen LogP contribution is -2.30. The molecule has 6 heteroatoms. The molecule has 6 nitrogen and oxygen atoms in total. The Labute approximate surface area is 121 Å². The highest BCUT2D eigenvalue weighted by Crippen LogP contribution is 2.16. The van der Waals surface area contributed by atoms with Gasteiger partial charge in [0.15, 0.2) is 6.10 Å². The van der Waals surface area contributed by atoms with Crippen molar-refractivity contribution in [1.82, 2.24) is 0 Å². The third-order valence-electron chi connectivity index (χ3n) is 2.77. The maximum atomic E-state index is 12.0. The van der Waals surface area contributed by atoms with Crippen LogP contribution in [0.3, 0.4) is 0 Å². The van der Waals surface area contributed by atoms with E-state index in [1.165, 1.54) is 24.3 Å². The Hall–Kier alpha value is -2.89. The Kier molecular flexibility index (Phi) is 4.50. The van der Waals surface area contributed by atoms with E-state index in [4.69, 9.17) is 4.74 Å². The van der Waals surface area contributed by atoms with E-state index >= 15 is 0 Å². The summed E-state index contributed by atoms with van der Waals surface area (Å²) in [4.78, 5) is 22.0. The number of benzene rings is 2. The highest BCUT2D eigenvalue weighted by atomic mass is 16.6. The van der Waals surface area contributed by atoms with E-state index in [1.54, 1.807) is 19.1 Å². The number of nitrogens with zero attached hydrogens (tertiary/aromatic N) is 1. The second-order valence-electron chi connectivity index (χ2n) is 4.37. The van der Waals surface area contributed by atoms with Gasteiger partial charge in [0.25, 0.3) is 11.6 Å². The first-order valence-electron chi connectivity index (χ1n) is 6.33. The molecule has 2 aromatic carbocycles. The fraction of sp³-hybridized carbons (Fsp3) is 0.133. The van der Waals surface area contributed by atoms with Gasteiger partial charge in [0.2, 0.25) is 0 Å². The zero-order valence-corrected chi connectivity index (χ0v) is 11.4.